The van der Waals surface area contributed by atoms with E-state index in [1.165, 1.54) is 142 Å². The number of anilines is 6. The first kappa shape index (κ1) is 57.5. The summed E-state index contributed by atoms with van der Waals surface area (Å²) in [6.45, 7) is 28.1. The lowest BCUT2D eigenvalue weighted by atomic mass is 9.85. The number of hydrogen-bond donors (Lipinski definition) is 0. The molecule has 0 aliphatic rings. The Bertz CT molecular complexity index is 5510. The second-order valence-electron chi connectivity index (χ2n) is 30.5. The molecule has 4 aromatic heterocycles. The summed E-state index contributed by atoms with van der Waals surface area (Å²) in [4.78, 5) is 5.12. The van der Waals surface area contributed by atoms with Crippen molar-refractivity contribution < 1.29 is 0 Å². The van der Waals surface area contributed by atoms with Crippen LogP contribution in [0.15, 0.2) is 255 Å². The third kappa shape index (κ3) is 8.64. The molecule has 458 valence electrons. The van der Waals surface area contributed by atoms with Crippen molar-refractivity contribution in [2.24, 2.45) is 0 Å². The van der Waals surface area contributed by atoms with Crippen molar-refractivity contribution in [3.63, 3.8) is 0 Å². The molecule has 0 bridgehead atoms. The van der Waals surface area contributed by atoms with Gasteiger partial charge in [0.15, 0.2) is 0 Å². The molecule has 0 aliphatic carbocycles. The van der Waals surface area contributed by atoms with Crippen LogP contribution in [0, 0.1) is 0 Å². The van der Waals surface area contributed by atoms with Crippen molar-refractivity contribution >= 4 is 132 Å². The minimum atomic E-state index is -0.176. The van der Waals surface area contributed by atoms with Gasteiger partial charge in [-0.2, -0.15) is 0 Å². The smallest absolute Gasteiger partial charge is 0.0641 e. The SMILES string of the molecule is CC(C)(C)c1ccc(N(c2ccccc2-c2cccc3ccccc23)c2ccc3c4cc5c(cc4n4c6c(C(C)(C)C)cccc6c2c34)c2ccc(N(c3ccc(C(C)(C)C)cc3)c3ccccc3-c3cccc4ccccc34)c3c4cccc(C(C)(C)C)c4n5c23)cc1. The number of benzene rings is 13. The van der Waals surface area contributed by atoms with E-state index >= 15 is 0 Å². The first-order chi connectivity index (χ1) is 45.2. The standard InChI is InChI=1S/C90H78N4/c1-87(2,3)57-41-45-59(46-42-57)91(75-39-19-17-31-65(75)63-33-21-27-55-25-13-15-29-61(55)63)77-51-49-67-71-53-80-72(54-79(71)93-83-69(81(77)85(67)93)35-23-37-73(83)89(7,8)9)68-50-52-78(82-70-36-24-38-74(90(10,11)12)84(70)94(80)86(68)82)92(60-47-43-58(44-48-60)88(4,5)6)76-40-20-18-32-66(76)64-34-22-28-56-26-14-16-30-62(56)64/h13-54H,1-12H3. The highest BCUT2D eigenvalue weighted by Gasteiger charge is 2.33. The van der Waals surface area contributed by atoms with Crippen LogP contribution >= 0.6 is 0 Å². The summed E-state index contributed by atoms with van der Waals surface area (Å²) in [5.74, 6) is 0. The minimum Gasteiger partial charge on any atom is -0.309 e. The molecule has 0 aliphatic heterocycles. The predicted molar refractivity (Wildman–Crippen MR) is 406 cm³/mol. The lowest BCUT2D eigenvalue weighted by molar-refractivity contribution is 0.590. The molecule has 0 fully saturated rings. The van der Waals surface area contributed by atoms with Crippen molar-refractivity contribution in [1.29, 1.82) is 0 Å². The van der Waals surface area contributed by atoms with Gasteiger partial charge in [0.25, 0.3) is 0 Å². The first-order valence-electron chi connectivity index (χ1n) is 33.6. The highest BCUT2D eigenvalue weighted by Crippen LogP contribution is 2.55. The van der Waals surface area contributed by atoms with Gasteiger partial charge in [0.05, 0.1) is 55.8 Å². The first-order valence-corrected chi connectivity index (χ1v) is 33.6. The lowest BCUT2D eigenvalue weighted by Gasteiger charge is -2.30. The molecule has 0 spiro atoms. The maximum atomic E-state index is 2.67. The summed E-state index contributed by atoms with van der Waals surface area (Å²) in [5, 5.41) is 14.9. The van der Waals surface area contributed by atoms with Crippen LogP contribution in [0.25, 0.3) is 120 Å². The fourth-order valence-electron chi connectivity index (χ4n) is 16.0. The van der Waals surface area contributed by atoms with Crippen molar-refractivity contribution in [3.05, 3.63) is 277 Å². The Hall–Kier alpha value is -10.4. The molecule has 0 saturated heterocycles. The van der Waals surface area contributed by atoms with Crippen LogP contribution in [0.2, 0.25) is 0 Å². The van der Waals surface area contributed by atoms with Crippen molar-refractivity contribution in [2.75, 3.05) is 9.80 Å². The largest absolute Gasteiger partial charge is 0.309 e. The number of fused-ring (bicyclic) bond motifs is 14. The molecule has 94 heavy (non-hydrogen) atoms. The van der Waals surface area contributed by atoms with Crippen molar-refractivity contribution in [3.8, 4) is 22.3 Å². The molecule has 17 aromatic rings. The Balaban J connectivity index is 0.977. The third-order valence-electron chi connectivity index (χ3n) is 20.5. The second-order valence-corrected chi connectivity index (χ2v) is 30.5. The van der Waals surface area contributed by atoms with Crippen LogP contribution in [0.1, 0.15) is 105 Å². The second kappa shape index (κ2) is 20.5. The molecule has 13 aromatic carbocycles. The Morgan fingerprint density at radius 3 is 0.979 bits per heavy atom. The molecule has 4 heterocycles. The summed E-state index contributed by atoms with van der Waals surface area (Å²) in [5.41, 5.74) is 23.9. The van der Waals surface area contributed by atoms with Gasteiger partial charge in [-0.25, -0.2) is 0 Å². The van der Waals surface area contributed by atoms with Gasteiger partial charge in [-0.3, -0.25) is 0 Å². The van der Waals surface area contributed by atoms with Gasteiger partial charge >= 0.3 is 0 Å². The molecule has 0 unspecified atom stereocenters. The molecule has 4 heteroatoms. The molecule has 17 rings (SSSR count). The molecule has 0 atom stereocenters. The van der Waals surface area contributed by atoms with Crippen LogP contribution in [-0.2, 0) is 21.7 Å². The zero-order valence-corrected chi connectivity index (χ0v) is 56.0. The number of para-hydroxylation sites is 4. The summed E-state index contributed by atoms with van der Waals surface area (Å²) in [6.07, 6.45) is 0. The van der Waals surface area contributed by atoms with Crippen LogP contribution in [0.5, 0.6) is 0 Å². The predicted octanol–water partition coefficient (Wildman–Crippen LogP) is 25.8. The van der Waals surface area contributed by atoms with Crippen LogP contribution in [0.4, 0.5) is 34.1 Å². The van der Waals surface area contributed by atoms with Gasteiger partial charge in [-0.1, -0.05) is 277 Å². The van der Waals surface area contributed by atoms with E-state index in [0.717, 1.165) is 34.1 Å². The topological polar surface area (TPSA) is 15.3 Å². The van der Waals surface area contributed by atoms with Gasteiger partial charge in [0, 0.05) is 65.6 Å². The maximum absolute atomic E-state index is 2.67. The van der Waals surface area contributed by atoms with Gasteiger partial charge < -0.3 is 18.6 Å². The number of aromatic nitrogens is 2. The molecule has 0 N–H and O–H groups in total. The van der Waals surface area contributed by atoms with Crippen molar-refractivity contribution in [1.82, 2.24) is 8.80 Å². The molecule has 4 nitrogen and oxygen atoms in total. The lowest BCUT2D eigenvalue weighted by Crippen LogP contribution is -2.14. The Kier molecular flexibility index (Phi) is 12.6. The van der Waals surface area contributed by atoms with Gasteiger partial charge in [0.1, 0.15) is 0 Å². The van der Waals surface area contributed by atoms with E-state index in [9.17, 15) is 0 Å². The Morgan fingerprint density at radius 2 is 0.585 bits per heavy atom. The van der Waals surface area contributed by atoms with E-state index < -0.39 is 0 Å². The fraction of sp³-hybridized carbons (Fsp3) is 0.178. The molecular weight excluding hydrogens is 1140 g/mol. The summed E-state index contributed by atoms with van der Waals surface area (Å²) in [7, 11) is 0. The molecular formula is C90H78N4. The molecule has 0 amide bonds. The molecule has 0 saturated carbocycles. The van der Waals surface area contributed by atoms with E-state index in [4.69, 9.17) is 0 Å². The van der Waals surface area contributed by atoms with Gasteiger partial charge in [-0.05, 0) is 137 Å². The van der Waals surface area contributed by atoms with Gasteiger partial charge in [-0.15, -0.1) is 0 Å². The normalized spacial score (nSPS) is 12.9. The summed E-state index contributed by atoms with van der Waals surface area (Å²) < 4.78 is 5.34. The zero-order valence-electron chi connectivity index (χ0n) is 56.0. The van der Waals surface area contributed by atoms with E-state index in [-0.39, 0.29) is 21.7 Å². The monoisotopic (exact) mass is 1210 g/mol. The fourth-order valence-corrected chi connectivity index (χ4v) is 16.0. The van der Waals surface area contributed by atoms with Crippen molar-refractivity contribution in [2.45, 2.75) is 105 Å². The summed E-state index contributed by atoms with van der Waals surface area (Å²) in [6, 6.07) is 97.0. The summed E-state index contributed by atoms with van der Waals surface area (Å²) >= 11 is 0. The molecule has 0 radical (unpaired) electrons. The number of nitrogens with zero attached hydrogens (tertiary/aromatic N) is 4. The third-order valence-corrected chi connectivity index (χ3v) is 20.5. The van der Waals surface area contributed by atoms with Crippen LogP contribution in [0.3, 0.4) is 0 Å². The minimum absolute atomic E-state index is 0.0132. The Morgan fingerprint density at radius 1 is 0.245 bits per heavy atom. The van der Waals surface area contributed by atoms with E-state index in [0.29, 0.717) is 0 Å². The Labute approximate surface area is 551 Å². The van der Waals surface area contributed by atoms with E-state index in [1.54, 1.807) is 0 Å². The quantitative estimate of drug-likeness (QED) is 0.151. The van der Waals surface area contributed by atoms with Gasteiger partial charge in [0.2, 0.25) is 0 Å². The highest BCUT2D eigenvalue weighted by atomic mass is 15.2. The van der Waals surface area contributed by atoms with Crippen LogP contribution in [-0.4, -0.2) is 8.80 Å². The number of hydrogen-bond acceptors (Lipinski definition) is 2. The average Bonchev–Trinajstić information content (AvgIpc) is 1.51. The number of rotatable bonds is 8. The van der Waals surface area contributed by atoms with E-state index in [1.807, 2.05) is 0 Å². The van der Waals surface area contributed by atoms with Crippen LogP contribution < -0.4 is 9.80 Å². The zero-order chi connectivity index (χ0) is 64.5. The average molecular weight is 1220 g/mol. The van der Waals surface area contributed by atoms with E-state index in [2.05, 4.69) is 356 Å². The maximum Gasteiger partial charge on any atom is 0.0641 e. The highest BCUT2D eigenvalue weighted by molar-refractivity contribution is 6.33.